The molecule has 1 nitrogen and oxygen atoms in total. The predicted molar refractivity (Wildman–Crippen MR) is 111 cm³/mol. The van der Waals surface area contributed by atoms with Crippen LogP contribution in [0.1, 0.15) is 18.1 Å². The van der Waals surface area contributed by atoms with Crippen molar-refractivity contribution in [3.05, 3.63) is 83.9 Å². The molecule has 0 amide bonds. The Kier molecular flexibility index (Phi) is 2.71. The molecule has 1 aromatic heterocycles. The lowest BCUT2D eigenvalue weighted by molar-refractivity contribution is 0.829. The number of aromatic nitrogens is 1. The largest absolute Gasteiger partial charge is 0.340 e. The summed E-state index contributed by atoms with van der Waals surface area (Å²) in [6, 6.07) is 26.9. The van der Waals surface area contributed by atoms with Crippen LogP contribution in [-0.4, -0.2) is 4.57 Å². The lowest BCUT2D eigenvalue weighted by Gasteiger charge is -2.11. The van der Waals surface area contributed by atoms with Crippen LogP contribution in [0, 0.1) is 0 Å². The summed E-state index contributed by atoms with van der Waals surface area (Å²) in [5.41, 5.74) is 8.49. The summed E-state index contributed by atoms with van der Waals surface area (Å²) < 4.78 is 2.49. The van der Waals surface area contributed by atoms with Crippen LogP contribution in [0.5, 0.6) is 0 Å². The van der Waals surface area contributed by atoms with Gasteiger partial charge in [-0.15, -0.1) is 0 Å². The molecule has 0 spiro atoms. The Bertz CT molecular complexity index is 1340. The first-order valence-electron chi connectivity index (χ1n) is 9.40. The van der Waals surface area contributed by atoms with Gasteiger partial charge >= 0.3 is 0 Å². The third-order valence-corrected chi connectivity index (χ3v) is 5.98. The minimum atomic E-state index is 0.981. The van der Waals surface area contributed by atoms with E-state index in [1.807, 2.05) is 0 Å². The molecule has 0 N–H and O–H groups in total. The van der Waals surface area contributed by atoms with Gasteiger partial charge < -0.3 is 4.57 Å². The van der Waals surface area contributed by atoms with Crippen molar-refractivity contribution in [2.75, 3.05) is 0 Å². The van der Waals surface area contributed by atoms with Gasteiger partial charge in [-0.2, -0.15) is 0 Å². The first kappa shape index (κ1) is 14.1. The van der Waals surface area contributed by atoms with Crippen molar-refractivity contribution in [1.82, 2.24) is 4.57 Å². The molecule has 124 valence electrons. The Hall–Kier alpha value is -3.06. The molecular formula is C25H19N. The van der Waals surface area contributed by atoms with Crippen molar-refractivity contribution in [1.29, 1.82) is 0 Å². The molecule has 26 heavy (non-hydrogen) atoms. The maximum absolute atomic E-state index is 2.49. The van der Waals surface area contributed by atoms with E-state index in [1.165, 1.54) is 54.8 Å². The zero-order valence-electron chi connectivity index (χ0n) is 14.8. The molecule has 0 aliphatic heterocycles. The zero-order valence-corrected chi connectivity index (χ0v) is 14.8. The van der Waals surface area contributed by atoms with Gasteiger partial charge in [-0.1, -0.05) is 66.7 Å². The molecule has 0 fully saturated rings. The molecular weight excluding hydrogens is 314 g/mol. The number of rotatable bonds is 1. The average Bonchev–Trinajstić information content (AvgIpc) is 3.23. The summed E-state index contributed by atoms with van der Waals surface area (Å²) in [4.78, 5) is 0. The quantitative estimate of drug-likeness (QED) is 0.322. The van der Waals surface area contributed by atoms with E-state index in [4.69, 9.17) is 0 Å². The van der Waals surface area contributed by atoms with Crippen LogP contribution in [-0.2, 0) is 13.0 Å². The van der Waals surface area contributed by atoms with Gasteiger partial charge in [0, 0.05) is 28.2 Å². The molecule has 0 saturated carbocycles. The topological polar surface area (TPSA) is 4.93 Å². The molecule has 0 unspecified atom stereocenters. The maximum atomic E-state index is 2.49. The molecule has 1 aliphatic carbocycles. The third kappa shape index (κ3) is 1.65. The monoisotopic (exact) mass is 333 g/mol. The Morgan fingerprint density at radius 1 is 0.769 bits per heavy atom. The number of aryl methyl sites for hydroxylation is 1. The van der Waals surface area contributed by atoms with Crippen molar-refractivity contribution in [3.63, 3.8) is 0 Å². The Morgan fingerprint density at radius 2 is 1.58 bits per heavy atom. The second kappa shape index (κ2) is 4.98. The first-order valence-corrected chi connectivity index (χ1v) is 9.40. The molecule has 1 aliphatic rings. The molecule has 0 radical (unpaired) electrons. The van der Waals surface area contributed by atoms with E-state index in [9.17, 15) is 0 Å². The highest BCUT2D eigenvalue weighted by Crippen LogP contribution is 2.45. The number of benzene rings is 4. The Morgan fingerprint density at radius 3 is 2.50 bits per heavy atom. The smallest absolute Gasteiger partial charge is 0.0577 e. The van der Waals surface area contributed by atoms with Crippen LogP contribution in [0.25, 0.3) is 43.7 Å². The normalized spacial score (nSPS) is 12.8. The molecule has 5 aromatic rings. The van der Waals surface area contributed by atoms with Gasteiger partial charge in [-0.3, -0.25) is 0 Å². The molecule has 1 heteroatoms. The van der Waals surface area contributed by atoms with Gasteiger partial charge in [-0.25, -0.2) is 0 Å². The SMILES string of the molecule is CCn1c2ccccc2c2ccc3ccc4c(c3c21)-c1ccccc1C4. The van der Waals surface area contributed by atoms with Gasteiger partial charge in [-0.05, 0) is 47.1 Å². The second-order valence-corrected chi connectivity index (χ2v) is 7.25. The molecule has 0 atom stereocenters. The summed E-state index contributed by atoms with van der Waals surface area (Å²) >= 11 is 0. The van der Waals surface area contributed by atoms with Gasteiger partial charge in [0.25, 0.3) is 0 Å². The standard InChI is InChI=1S/C25H19N/c1-2-26-22-10-6-5-9-20(22)21-14-13-16-11-12-18-15-17-7-3-4-8-19(17)23(18)24(16)25(21)26/h3-14H,2,15H2,1H3. The van der Waals surface area contributed by atoms with E-state index in [2.05, 4.69) is 84.3 Å². The van der Waals surface area contributed by atoms with Crippen LogP contribution in [0.4, 0.5) is 0 Å². The summed E-state index contributed by atoms with van der Waals surface area (Å²) in [7, 11) is 0. The molecule has 4 aromatic carbocycles. The van der Waals surface area contributed by atoms with Gasteiger partial charge in [0.05, 0.1) is 5.52 Å². The molecule has 0 saturated heterocycles. The van der Waals surface area contributed by atoms with Crippen LogP contribution >= 0.6 is 0 Å². The van der Waals surface area contributed by atoms with Crippen molar-refractivity contribution in [2.45, 2.75) is 19.9 Å². The molecule has 1 heterocycles. The zero-order chi connectivity index (χ0) is 17.3. The van der Waals surface area contributed by atoms with Crippen LogP contribution in [0.3, 0.4) is 0 Å². The summed E-state index contributed by atoms with van der Waals surface area (Å²) in [5.74, 6) is 0. The minimum absolute atomic E-state index is 0.981. The summed E-state index contributed by atoms with van der Waals surface area (Å²) in [6.45, 7) is 3.23. The van der Waals surface area contributed by atoms with Crippen LogP contribution < -0.4 is 0 Å². The lowest BCUT2D eigenvalue weighted by atomic mass is 9.95. The fourth-order valence-corrected chi connectivity index (χ4v) is 4.90. The average molecular weight is 333 g/mol. The van der Waals surface area contributed by atoms with Gasteiger partial charge in [0.2, 0.25) is 0 Å². The van der Waals surface area contributed by atoms with Crippen molar-refractivity contribution in [2.24, 2.45) is 0 Å². The summed E-state index contributed by atoms with van der Waals surface area (Å²) in [5, 5.41) is 5.48. The minimum Gasteiger partial charge on any atom is -0.340 e. The Balaban J connectivity index is 1.91. The number of hydrogen-bond donors (Lipinski definition) is 0. The number of fused-ring (bicyclic) bond motifs is 9. The number of para-hydroxylation sites is 1. The van der Waals surface area contributed by atoms with E-state index in [1.54, 1.807) is 0 Å². The van der Waals surface area contributed by atoms with E-state index < -0.39 is 0 Å². The maximum Gasteiger partial charge on any atom is 0.0577 e. The highest BCUT2D eigenvalue weighted by molar-refractivity contribution is 6.22. The number of hydrogen-bond acceptors (Lipinski definition) is 0. The van der Waals surface area contributed by atoms with Gasteiger partial charge in [0.1, 0.15) is 0 Å². The van der Waals surface area contributed by atoms with Crippen molar-refractivity contribution >= 4 is 32.6 Å². The van der Waals surface area contributed by atoms with E-state index in [-0.39, 0.29) is 0 Å². The lowest BCUT2D eigenvalue weighted by Crippen LogP contribution is -1.95. The highest BCUT2D eigenvalue weighted by atomic mass is 15.0. The van der Waals surface area contributed by atoms with Gasteiger partial charge in [0.15, 0.2) is 0 Å². The van der Waals surface area contributed by atoms with Crippen LogP contribution in [0.2, 0.25) is 0 Å². The highest BCUT2D eigenvalue weighted by Gasteiger charge is 2.23. The predicted octanol–water partition coefficient (Wildman–Crippen LogP) is 6.54. The second-order valence-electron chi connectivity index (χ2n) is 7.25. The fraction of sp³-hybridized carbons (Fsp3) is 0.120. The number of nitrogens with zero attached hydrogens (tertiary/aromatic N) is 1. The van der Waals surface area contributed by atoms with E-state index in [0.717, 1.165) is 13.0 Å². The van der Waals surface area contributed by atoms with E-state index >= 15 is 0 Å². The van der Waals surface area contributed by atoms with Crippen LogP contribution in [0.15, 0.2) is 72.8 Å². The third-order valence-electron chi connectivity index (χ3n) is 5.98. The summed E-state index contributed by atoms with van der Waals surface area (Å²) in [6.07, 6.45) is 1.05. The Labute approximate surface area is 152 Å². The fourth-order valence-electron chi connectivity index (χ4n) is 4.90. The van der Waals surface area contributed by atoms with E-state index in [0.29, 0.717) is 0 Å². The molecule has 6 rings (SSSR count). The van der Waals surface area contributed by atoms with Crippen molar-refractivity contribution in [3.8, 4) is 11.1 Å². The van der Waals surface area contributed by atoms with Crippen molar-refractivity contribution < 1.29 is 0 Å². The molecule has 0 bridgehead atoms. The first-order chi connectivity index (χ1) is 12.9.